The van der Waals surface area contributed by atoms with E-state index in [0.29, 0.717) is 6.54 Å². The molecule has 0 aliphatic rings. The molecule has 0 aliphatic heterocycles. The van der Waals surface area contributed by atoms with Crippen LogP contribution in [0.5, 0.6) is 0 Å². The zero-order chi connectivity index (χ0) is 7.44. The minimum atomic E-state index is 0.0324. The molecule has 0 aromatic heterocycles. The van der Waals surface area contributed by atoms with Crippen LogP contribution in [0.3, 0.4) is 0 Å². The molecule has 1 atom stereocenters. The molecule has 2 N–H and O–H groups in total. The summed E-state index contributed by atoms with van der Waals surface area (Å²) in [4.78, 5) is 11.0. The molecule has 0 aliphatic carbocycles. The van der Waals surface area contributed by atoms with Crippen molar-refractivity contribution in [1.82, 2.24) is 0 Å². The average molecular weight is 129 g/mol. The van der Waals surface area contributed by atoms with Gasteiger partial charge in [0.1, 0.15) is 5.78 Å². The van der Waals surface area contributed by atoms with Gasteiger partial charge in [-0.25, -0.2) is 0 Å². The van der Waals surface area contributed by atoms with Gasteiger partial charge in [-0.05, 0) is 0 Å². The Morgan fingerprint density at radius 2 is 1.89 bits per heavy atom. The van der Waals surface area contributed by atoms with Gasteiger partial charge in [-0.2, -0.15) is 0 Å². The third-order valence-corrected chi connectivity index (χ3v) is 1.41. The Kier molecular flexibility index (Phi) is 3.47. The van der Waals surface area contributed by atoms with Gasteiger partial charge in [-0.15, -0.1) is 0 Å². The highest BCUT2D eigenvalue weighted by Gasteiger charge is 2.13. The smallest absolute Gasteiger partial charge is 0.139 e. The zero-order valence-corrected chi connectivity index (χ0v) is 6.35. The van der Waals surface area contributed by atoms with E-state index in [-0.39, 0.29) is 17.6 Å². The lowest BCUT2D eigenvalue weighted by Gasteiger charge is -2.08. The van der Waals surface area contributed by atoms with E-state index in [4.69, 9.17) is 5.73 Å². The fraction of sp³-hybridized carbons (Fsp3) is 0.857. The fourth-order valence-electron chi connectivity index (χ4n) is 0.685. The molecule has 0 radical (unpaired) electrons. The van der Waals surface area contributed by atoms with Crippen LogP contribution in [0.15, 0.2) is 0 Å². The molecule has 0 aromatic carbocycles. The van der Waals surface area contributed by atoms with Gasteiger partial charge in [-0.1, -0.05) is 20.8 Å². The van der Waals surface area contributed by atoms with Gasteiger partial charge >= 0.3 is 0 Å². The molecule has 9 heavy (non-hydrogen) atoms. The Bertz CT molecular complexity index is 99.1. The van der Waals surface area contributed by atoms with E-state index in [1.807, 2.05) is 20.8 Å². The molecule has 0 bridgehead atoms. The molecule has 1 unspecified atom stereocenters. The Balaban J connectivity index is 3.73. The maximum atomic E-state index is 11.0. The number of ketones is 1. The van der Waals surface area contributed by atoms with E-state index in [0.717, 1.165) is 0 Å². The van der Waals surface area contributed by atoms with Crippen molar-refractivity contribution in [1.29, 1.82) is 0 Å². The number of carbonyl (C=O) groups excluding carboxylic acids is 1. The van der Waals surface area contributed by atoms with Crippen molar-refractivity contribution < 1.29 is 4.79 Å². The second kappa shape index (κ2) is 3.62. The van der Waals surface area contributed by atoms with Crippen molar-refractivity contribution in [2.75, 3.05) is 6.54 Å². The fourth-order valence-corrected chi connectivity index (χ4v) is 0.685. The first kappa shape index (κ1) is 8.63. The Morgan fingerprint density at radius 1 is 1.44 bits per heavy atom. The summed E-state index contributed by atoms with van der Waals surface area (Å²) in [6.45, 7) is 6.13. The zero-order valence-electron chi connectivity index (χ0n) is 6.35. The van der Waals surface area contributed by atoms with Crippen molar-refractivity contribution in [3.63, 3.8) is 0 Å². The van der Waals surface area contributed by atoms with Crippen LogP contribution in [-0.2, 0) is 4.79 Å². The normalized spacial score (nSPS) is 13.9. The summed E-state index contributed by atoms with van der Waals surface area (Å²) in [6, 6.07) is 0. The second-order valence-electron chi connectivity index (χ2n) is 2.69. The summed E-state index contributed by atoms with van der Waals surface area (Å²) < 4.78 is 0. The number of hydrogen-bond acceptors (Lipinski definition) is 2. The van der Waals surface area contributed by atoms with Crippen molar-refractivity contribution >= 4 is 5.78 Å². The standard InChI is InChI=1S/C7H15NO/c1-5(2)7(9)6(3)4-8/h5-6H,4,8H2,1-3H3. The van der Waals surface area contributed by atoms with E-state index in [1.165, 1.54) is 0 Å². The van der Waals surface area contributed by atoms with Crippen molar-refractivity contribution in [2.24, 2.45) is 17.6 Å². The summed E-state index contributed by atoms with van der Waals surface area (Å²) in [5.74, 6) is 0.422. The van der Waals surface area contributed by atoms with Crippen LogP contribution in [0.2, 0.25) is 0 Å². The molecule has 0 saturated heterocycles. The van der Waals surface area contributed by atoms with E-state index >= 15 is 0 Å². The Morgan fingerprint density at radius 3 is 2.00 bits per heavy atom. The number of hydrogen-bond donors (Lipinski definition) is 1. The molecule has 0 saturated carbocycles. The number of carbonyl (C=O) groups is 1. The van der Waals surface area contributed by atoms with Crippen molar-refractivity contribution in [3.8, 4) is 0 Å². The second-order valence-corrected chi connectivity index (χ2v) is 2.69. The molecular formula is C7H15NO. The Hall–Kier alpha value is -0.370. The van der Waals surface area contributed by atoms with E-state index in [9.17, 15) is 4.79 Å². The molecule has 0 rings (SSSR count). The van der Waals surface area contributed by atoms with Crippen LogP contribution in [0.25, 0.3) is 0 Å². The highest BCUT2D eigenvalue weighted by Crippen LogP contribution is 2.03. The van der Waals surface area contributed by atoms with Crippen LogP contribution < -0.4 is 5.73 Å². The van der Waals surface area contributed by atoms with Gasteiger partial charge in [0, 0.05) is 18.4 Å². The van der Waals surface area contributed by atoms with Gasteiger partial charge in [-0.3, -0.25) is 4.79 Å². The number of rotatable bonds is 3. The van der Waals surface area contributed by atoms with Crippen LogP contribution in [0.1, 0.15) is 20.8 Å². The number of nitrogens with two attached hydrogens (primary N) is 1. The molecule has 0 aromatic rings. The summed E-state index contributed by atoms with van der Waals surface area (Å²) in [7, 11) is 0. The van der Waals surface area contributed by atoms with Gasteiger partial charge in [0.05, 0.1) is 0 Å². The number of Topliss-reactive ketones (excluding diaryl/α,β-unsaturated/α-hetero) is 1. The maximum Gasteiger partial charge on any atom is 0.139 e. The van der Waals surface area contributed by atoms with Crippen molar-refractivity contribution in [3.05, 3.63) is 0 Å². The van der Waals surface area contributed by atoms with Crippen LogP contribution >= 0.6 is 0 Å². The third kappa shape index (κ3) is 2.61. The van der Waals surface area contributed by atoms with Gasteiger partial charge < -0.3 is 5.73 Å². The van der Waals surface area contributed by atoms with Crippen LogP contribution in [0, 0.1) is 11.8 Å². The largest absolute Gasteiger partial charge is 0.330 e. The minimum Gasteiger partial charge on any atom is -0.330 e. The monoisotopic (exact) mass is 129 g/mol. The predicted molar refractivity (Wildman–Crippen MR) is 38.1 cm³/mol. The SMILES string of the molecule is CC(C)C(=O)C(C)CN. The van der Waals surface area contributed by atoms with Gasteiger partial charge in [0.25, 0.3) is 0 Å². The topological polar surface area (TPSA) is 43.1 Å². The lowest BCUT2D eigenvalue weighted by atomic mass is 9.97. The van der Waals surface area contributed by atoms with E-state index in [2.05, 4.69) is 0 Å². The molecule has 0 heterocycles. The first-order valence-electron chi connectivity index (χ1n) is 3.33. The molecule has 0 fully saturated rings. The summed E-state index contributed by atoms with van der Waals surface area (Å²) in [6.07, 6.45) is 0. The minimum absolute atomic E-state index is 0.0324. The molecular weight excluding hydrogens is 114 g/mol. The molecule has 54 valence electrons. The lowest BCUT2D eigenvalue weighted by molar-refractivity contribution is -0.125. The lowest BCUT2D eigenvalue weighted by Crippen LogP contribution is -2.24. The first-order chi connectivity index (χ1) is 4.09. The summed E-state index contributed by atoms with van der Waals surface area (Å²) >= 11 is 0. The molecule has 2 nitrogen and oxygen atoms in total. The van der Waals surface area contributed by atoms with Crippen LogP contribution in [0.4, 0.5) is 0 Å². The Labute approximate surface area is 56.4 Å². The maximum absolute atomic E-state index is 11.0. The average Bonchev–Trinajstić information content (AvgIpc) is 1.84. The highest BCUT2D eigenvalue weighted by atomic mass is 16.1. The first-order valence-corrected chi connectivity index (χ1v) is 3.33. The summed E-state index contributed by atoms with van der Waals surface area (Å²) in [5, 5.41) is 0. The van der Waals surface area contributed by atoms with Gasteiger partial charge in [0.15, 0.2) is 0 Å². The van der Waals surface area contributed by atoms with E-state index < -0.39 is 0 Å². The molecule has 2 heteroatoms. The molecule has 0 amide bonds. The summed E-state index contributed by atoms with van der Waals surface area (Å²) in [5.41, 5.74) is 5.29. The predicted octanol–water partition coefficient (Wildman–Crippen LogP) is 0.806. The highest BCUT2D eigenvalue weighted by molar-refractivity contribution is 5.82. The van der Waals surface area contributed by atoms with Crippen LogP contribution in [-0.4, -0.2) is 12.3 Å². The third-order valence-electron chi connectivity index (χ3n) is 1.41. The van der Waals surface area contributed by atoms with E-state index in [1.54, 1.807) is 0 Å². The van der Waals surface area contributed by atoms with Gasteiger partial charge in [0.2, 0.25) is 0 Å². The molecule has 0 spiro atoms. The quantitative estimate of drug-likeness (QED) is 0.612. The van der Waals surface area contributed by atoms with Crippen molar-refractivity contribution in [2.45, 2.75) is 20.8 Å².